The Morgan fingerprint density at radius 3 is 2.81 bits per heavy atom. The van der Waals surface area contributed by atoms with E-state index in [4.69, 9.17) is 0 Å². The van der Waals surface area contributed by atoms with Gasteiger partial charge in [0.05, 0.1) is 0 Å². The molecule has 2 heterocycles. The molecule has 116 valence electrons. The van der Waals surface area contributed by atoms with Gasteiger partial charge in [-0.25, -0.2) is 14.8 Å². The second kappa shape index (κ2) is 7.81. The number of nitrogens with one attached hydrogen (secondary N) is 1. The minimum atomic E-state index is -0.832. The number of rotatable bonds is 7. The summed E-state index contributed by atoms with van der Waals surface area (Å²) in [7, 11) is 0. The van der Waals surface area contributed by atoms with Crippen LogP contribution in [0.3, 0.4) is 0 Å². The van der Waals surface area contributed by atoms with Crippen LogP contribution in [-0.2, 0) is 4.79 Å². The second-order valence-electron chi connectivity index (χ2n) is 5.49. The highest BCUT2D eigenvalue weighted by Gasteiger charge is 2.18. The number of piperidine rings is 1. The minimum absolute atomic E-state index is 0.589. The monoisotopic (exact) mass is 292 g/mol. The first-order chi connectivity index (χ1) is 10.2. The van der Waals surface area contributed by atoms with Crippen molar-refractivity contribution in [2.75, 3.05) is 23.3 Å². The van der Waals surface area contributed by atoms with E-state index in [1.165, 1.54) is 25.6 Å². The summed E-state index contributed by atoms with van der Waals surface area (Å²) in [5.41, 5.74) is 0. The summed E-state index contributed by atoms with van der Waals surface area (Å²) in [5, 5.41) is 12.3. The highest BCUT2D eigenvalue weighted by molar-refractivity contribution is 5.77. The van der Waals surface area contributed by atoms with Gasteiger partial charge in [-0.2, -0.15) is 0 Å². The largest absolute Gasteiger partial charge is 0.480 e. The lowest BCUT2D eigenvalue weighted by Gasteiger charge is -2.27. The zero-order valence-corrected chi connectivity index (χ0v) is 12.6. The smallest absolute Gasteiger partial charge is 0.326 e. The lowest BCUT2D eigenvalue weighted by molar-refractivity contribution is -0.138. The molecule has 1 fully saturated rings. The van der Waals surface area contributed by atoms with Crippen LogP contribution in [0.15, 0.2) is 12.4 Å². The van der Waals surface area contributed by atoms with Gasteiger partial charge in [0.15, 0.2) is 0 Å². The number of hydrogen-bond donors (Lipinski definition) is 2. The maximum absolute atomic E-state index is 11.3. The Balaban J connectivity index is 2.03. The summed E-state index contributed by atoms with van der Waals surface area (Å²) in [6, 6.07) is 1.27. The molecule has 1 saturated heterocycles. The summed E-state index contributed by atoms with van der Waals surface area (Å²) in [5.74, 6) is 0.641. The number of nitrogens with zero attached hydrogens (tertiary/aromatic N) is 3. The van der Waals surface area contributed by atoms with Gasteiger partial charge in [-0.05, 0) is 25.7 Å². The highest BCUT2D eigenvalue weighted by Crippen LogP contribution is 2.20. The number of anilines is 2. The zero-order valence-electron chi connectivity index (χ0n) is 12.6. The molecule has 0 spiro atoms. The zero-order chi connectivity index (χ0) is 15.1. The summed E-state index contributed by atoms with van der Waals surface area (Å²) >= 11 is 0. The van der Waals surface area contributed by atoms with Crippen molar-refractivity contribution in [3.63, 3.8) is 0 Å². The molecule has 0 aromatic carbocycles. The van der Waals surface area contributed by atoms with E-state index in [1.54, 1.807) is 0 Å². The number of carbonyl (C=O) groups is 1. The number of aliphatic carboxylic acids is 1. The Morgan fingerprint density at radius 1 is 1.38 bits per heavy atom. The molecular formula is C15H24N4O2. The van der Waals surface area contributed by atoms with E-state index in [0.29, 0.717) is 12.2 Å². The predicted octanol–water partition coefficient (Wildman–Crippen LogP) is 2.52. The van der Waals surface area contributed by atoms with E-state index in [1.807, 2.05) is 6.07 Å². The van der Waals surface area contributed by atoms with Crippen molar-refractivity contribution in [2.24, 2.45) is 0 Å². The Labute approximate surface area is 125 Å². The van der Waals surface area contributed by atoms with Crippen LogP contribution < -0.4 is 10.2 Å². The molecule has 0 radical (unpaired) electrons. The van der Waals surface area contributed by atoms with E-state index in [0.717, 1.165) is 31.7 Å². The molecule has 0 bridgehead atoms. The lowest BCUT2D eigenvalue weighted by Crippen LogP contribution is -2.31. The molecule has 1 unspecified atom stereocenters. The van der Waals surface area contributed by atoms with Crippen LogP contribution in [0.1, 0.15) is 45.4 Å². The van der Waals surface area contributed by atoms with Gasteiger partial charge in [0.25, 0.3) is 0 Å². The Morgan fingerprint density at radius 2 is 2.14 bits per heavy atom. The number of aromatic nitrogens is 2. The molecule has 1 aromatic heterocycles. The van der Waals surface area contributed by atoms with Crippen LogP contribution in [0.25, 0.3) is 0 Å². The van der Waals surface area contributed by atoms with Gasteiger partial charge < -0.3 is 15.3 Å². The van der Waals surface area contributed by atoms with Crippen molar-refractivity contribution < 1.29 is 9.90 Å². The van der Waals surface area contributed by atoms with Crippen LogP contribution >= 0.6 is 0 Å². The molecule has 1 aliphatic heterocycles. The van der Waals surface area contributed by atoms with Gasteiger partial charge in [0.1, 0.15) is 24.0 Å². The third kappa shape index (κ3) is 4.58. The van der Waals surface area contributed by atoms with Crippen molar-refractivity contribution in [3.05, 3.63) is 12.4 Å². The minimum Gasteiger partial charge on any atom is -0.480 e. The molecule has 0 saturated carbocycles. The molecule has 1 atom stereocenters. The fourth-order valence-electron chi connectivity index (χ4n) is 2.57. The number of unbranched alkanes of at least 4 members (excludes halogenated alkanes) is 1. The number of carboxylic acid groups (broad SMARTS) is 1. The first-order valence-corrected chi connectivity index (χ1v) is 7.77. The fourth-order valence-corrected chi connectivity index (χ4v) is 2.57. The van der Waals surface area contributed by atoms with Crippen molar-refractivity contribution in [1.29, 1.82) is 0 Å². The van der Waals surface area contributed by atoms with E-state index in [2.05, 4.69) is 27.1 Å². The summed E-state index contributed by atoms with van der Waals surface area (Å²) in [6.45, 7) is 4.07. The van der Waals surface area contributed by atoms with Gasteiger partial charge in [-0.3, -0.25) is 0 Å². The molecule has 21 heavy (non-hydrogen) atoms. The van der Waals surface area contributed by atoms with Gasteiger partial charge >= 0.3 is 5.97 Å². The van der Waals surface area contributed by atoms with E-state index >= 15 is 0 Å². The maximum Gasteiger partial charge on any atom is 0.326 e. The fraction of sp³-hybridized carbons (Fsp3) is 0.667. The average molecular weight is 292 g/mol. The topological polar surface area (TPSA) is 78.3 Å². The number of hydrogen-bond acceptors (Lipinski definition) is 5. The van der Waals surface area contributed by atoms with Crippen LogP contribution in [-0.4, -0.2) is 40.2 Å². The normalized spacial score (nSPS) is 16.5. The highest BCUT2D eigenvalue weighted by atomic mass is 16.4. The quantitative estimate of drug-likeness (QED) is 0.804. The van der Waals surface area contributed by atoms with Gasteiger partial charge in [-0.1, -0.05) is 19.8 Å². The third-order valence-electron chi connectivity index (χ3n) is 3.80. The van der Waals surface area contributed by atoms with Crippen LogP contribution in [0.5, 0.6) is 0 Å². The summed E-state index contributed by atoms with van der Waals surface area (Å²) in [6.07, 6.45) is 7.61. The Kier molecular flexibility index (Phi) is 5.78. The van der Waals surface area contributed by atoms with Crippen LogP contribution in [0.2, 0.25) is 0 Å². The number of carboxylic acids is 1. The predicted molar refractivity (Wildman–Crippen MR) is 82.7 cm³/mol. The molecule has 1 aromatic rings. The molecule has 2 rings (SSSR count). The Hall–Kier alpha value is -1.85. The van der Waals surface area contributed by atoms with Gasteiger partial charge in [0, 0.05) is 19.2 Å². The lowest BCUT2D eigenvalue weighted by atomic mass is 10.1. The average Bonchev–Trinajstić information content (AvgIpc) is 2.52. The molecule has 0 amide bonds. The molecule has 6 heteroatoms. The molecule has 2 N–H and O–H groups in total. The Bertz CT molecular complexity index is 461. The van der Waals surface area contributed by atoms with Gasteiger partial charge in [-0.15, -0.1) is 0 Å². The molecule has 1 aliphatic rings. The van der Waals surface area contributed by atoms with Crippen molar-refractivity contribution in [3.8, 4) is 0 Å². The van der Waals surface area contributed by atoms with Crippen molar-refractivity contribution in [2.45, 2.75) is 51.5 Å². The summed E-state index contributed by atoms with van der Waals surface area (Å²) < 4.78 is 0. The van der Waals surface area contributed by atoms with Crippen molar-refractivity contribution >= 4 is 17.6 Å². The molecule has 0 aliphatic carbocycles. The summed E-state index contributed by atoms with van der Waals surface area (Å²) in [4.78, 5) is 22.0. The van der Waals surface area contributed by atoms with E-state index in [-0.39, 0.29) is 0 Å². The van der Waals surface area contributed by atoms with Crippen molar-refractivity contribution in [1.82, 2.24) is 9.97 Å². The first-order valence-electron chi connectivity index (χ1n) is 7.77. The molecule has 6 nitrogen and oxygen atoms in total. The maximum atomic E-state index is 11.3. The molecular weight excluding hydrogens is 268 g/mol. The van der Waals surface area contributed by atoms with Crippen LogP contribution in [0, 0.1) is 0 Å². The van der Waals surface area contributed by atoms with Crippen LogP contribution in [0.4, 0.5) is 11.6 Å². The van der Waals surface area contributed by atoms with Gasteiger partial charge in [0.2, 0.25) is 0 Å². The second-order valence-corrected chi connectivity index (χ2v) is 5.49. The van der Waals surface area contributed by atoms with E-state index in [9.17, 15) is 9.90 Å². The first kappa shape index (κ1) is 15.5. The SMILES string of the molecule is CCCCC(Nc1cc(N2CCCCC2)ncn1)C(=O)O. The van der Waals surface area contributed by atoms with E-state index < -0.39 is 12.0 Å². The standard InChI is InChI=1S/C15H24N4O2/c1-2-3-7-12(15(20)21)18-13-10-14(17-11-16-13)19-8-5-4-6-9-19/h10-12H,2-9H2,1H3,(H,20,21)(H,16,17,18). The third-order valence-corrected chi connectivity index (χ3v) is 3.80.